The Morgan fingerprint density at radius 1 is 1.53 bits per heavy atom. The lowest BCUT2D eigenvalue weighted by molar-refractivity contribution is -0.132. The molecule has 1 fully saturated rings. The maximum Gasteiger partial charge on any atom is 0.224 e. The maximum absolute atomic E-state index is 12.3. The van der Waals surface area contributed by atoms with E-state index in [4.69, 9.17) is 0 Å². The molecule has 4 nitrogen and oxygen atoms in total. The van der Waals surface area contributed by atoms with Gasteiger partial charge in [0.1, 0.15) is 0 Å². The third-order valence-corrected chi connectivity index (χ3v) is 4.32. The van der Waals surface area contributed by atoms with Crippen LogP contribution < -0.4 is 0 Å². The standard InChI is InChI=1S/C14H17N3OS/c18-14(4-9-16-7-2-6-15-16)17-8-1-3-13(17)12-5-10-19-11-12/h2,5-7,10-11,13H,1,3-4,8-9H2/t13-/m0/s1. The molecule has 1 aliphatic rings. The summed E-state index contributed by atoms with van der Waals surface area (Å²) in [6.45, 7) is 1.55. The molecule has 0 aromatic carbocycles. The monoisotopic (exact) mass is 275 g/mol. The highest BCUT2D eigenvalue weighted by Crippen LogP contribution is 2.33. The fourth-order valence-corrected chi connectivity index (χ4v) is 3.37. The van der Waals surface area contributed by atoms with Crippen molar-refractivity contribution >= 4 is 17.2 Å². The van der Waals surface area contributed by atoms with Gasteiger partial charge in [0.05, 0.1) is 6.04 Å². The first-order valence-electron chi connectivity index (χ1n) is 6.63. The first-order valence-corrected chi connectivity index (χ1v) is 7.58. The lowest BCUT2D eigenvalue weighted by Crippen LogP contribution is -2.31. The van der Waals surface area contributed by atoms with Gasteiger partial charge < -0.3 is 4.90 Å². The molecule has 0 N–H and O–H groups in total. The minimum absolute atomic E-state index is 0.240. The maximum atomic E-state index is 12.3. The Hall–Kier alpha value is -1.62. The van der Waals surface area contributed by atoms with E-state index in [2.05, 4.69) is 21.9 Å². The van der Waals surface area contributed by atoms with Gasteiger partial charge >= 0.3 is 0 Å². The second-order valence-corrected chi connectivity index (χ2v) is 5.60. The molecule has 3 rings (SSSR count). The smallest absolute Gasteiger partial charge is 0.224 e. The van der Waals surface area contributed by atoms with Crippen LogP contribution in [0.1, 0.15) is 30.9 Å². The lowest BCUT2D eigenvalue weighted by atomic mass is 10.1. The summed E-state index contributed by atoms with van der Waals surface area (Å²) in [7, 11) is 0. The average molecular weight is 275 g/mol. The van der Waals surface area contributed by atoms with Gasteiger partial charge in [-0.25, -0.2) is 0 Å². The Kier molecular flexibility index (Phi) is 3.64. The first-order chi connectivity index (χ1) is 9.34. The molecule has 0 spiro atoms. The molecule has 0 bridgehead atoms. The zero-order valence-corrected chi connectivity index (χ0v) is 11.6. The van der Waals surface area contributed by atoms with Gasteiger partial charge in [0.15, 0.2) is 0 Å². The molecule has 0 radical (unpaired) electrons. The Morgan fingerprint density at radius 3 is 3.21 bits per heavy atom. The van der Waals surface area contributed by atoms with Crippen LogP contribution in [0.5, 0.6) is 0 Å². The van der Waals surface area contributed by atoms with E-state index < -0.39 is 0 Å². The third-order valence-electron chi connectivity index (χ3n) is 3.62. The van der Waals surface area contributed by atoms with Gasteiger partial charge in [-0.05, 0) is 41.3 Å². The quantitative estimate of drug-likeness (QED) is 0.860. The van der Waals surface area contributed by atoms with E-state index in [1.54, 1.807) is 17.5 Å². The summed E-state index contributed by atoms with van der Waals surface area (Å²) in [4.78, 5) is 14.4. The van der Waals surface area contributed by atoms with Crippen molar-refractivity contribution < 1.29 is 4.79 Å². The van der Waals surface area contributed by atoms with Crippen LogP contribution in [0.3, 0.4) is 0 Å². The number of likely N-dealkylation sites (tertiary alicyclic amines) is 1. The fourth-order valence-electron chi connectivity index (χ4n) is 2.66. The second kappa shape index (κ2) is 5.57. The topological polar surface area (TPSA) is 38.1 Å². The summed E-state index contributed by atoms with van der Waals surface area (Å²) in [6.07, 6.45) is 6.36. The van der Waals surface area contributed by atoms with Crippen molar-refractivity contribution in [2.24, 2.45) is 0 Å². The van der Waals surface area contributed by atoms with Crippen LogP contribution >= 0.6 is 11.3 Å². The van der Waals surface area contributed by atoms with Crippen LogP contribution in [0.2, 0.25) is 0 Å². The number of aryl methyl sites for hydroxylation is 1. The Balaban J connectivity index is 1.62. The predicted octanol–water partition coefficient (Wildman–Crippen LogP) is 2.70. The number of carbonyl (C=O) groups is 1. The van der Waals surface area contributed by atoms with Crippen LogP contribution in [0.25, 0.3) is 0 Å². The van der Waals surface area contributed by atoms with E-state index in [0.29, 0.717) is 13.0 Å². The number of rotatable bonds is 4. The molecule has 0 aliphatic carbocycles. The van der Waals surface area contributed by atoms with Gasteiger partial charge in [-0.15, -0.1) is 0 Å². The Labute approximate surface area is 116 Å². The zero-order chi connectivity index (χ0) is 13.1. The second-order valence-electron chi connectivity index (χ2n) is 4.82. The third kappa shape index (κ3) is 2.71. The van der Waals surface area contributed by atoms with Crippen LogP contribution in [0, 0.1) is 0 Å². The number of hydrogen-bond acceptors (Lipinski definition) is 3. The molecular formula is C14H17N3OS. The fraction of sp³-hybridized carbons (Fsp3) is 0.429. The minimum atomic E-state index is 0.240. The van der Waals surface area contributed by atoms with Crippen molar-refractivity contribution in [1.82, 2.24) is 14.7 Å². The van der Waals surface area contributed by atoms with Gasteiger partial charge in [-0.2, -0.15) is 16.4 Å². The lowest BCUT2D eigenvalue weighted by Gasteiger charge is -2.24. The van der Waals surface area contributed by atoms with E-state index in [1.807, 2.05) is 21.8 Å². The summed E-state index contributed by atoms with van der Waals surface area (Å²) in [5, 5.41) is 8.37. The van der Waals surface area contributed by atoms with Crippen LogP contribution in [-0.4, -0.2) is 27.1 Å². The predicted molar refractivity (Wildman–Crippen MR) is 74.9 cm³/mol. The number of carbonyl (C=O) groups excluding carboxylic acids is 1. The normalized spacial score (nSPS) is 18.9. The van der Waals surface area contributed by atoms with E-state index in [0.717, 1.165) is 19.4 Å². The van der Waals surface area contributed by atoms with E-state index in [9.17, 15) is 4.79 Å². The summed E-state index contributed by atoms with van der Waals surface area (Å²) < 4.78 is 1.81. The molecule has 100 valence electrons. The van der Waals surface area contributed by atoms with Gasteiger partial charge in [0.25, 0.3) is 0 Å². The largest absolute Gasteiger partial charge is 0.336 e. The Morgan fingerprint density at radius 2 is 2.47 bits per heavy atom. The van der Waals surface area contributed by atoms with Crippen molar-refractivity contribution in [1.29, 1.82) is 0 Å². The zero-order valence-electron chi connectivity index (χ0n) is 10.7. The van der Waals surface area contributed by atoms with Gasteiger partial charge in [0, 0.05) is 31.9 Å². The minimum Gasteiger partial charge on any atom is -0.336 e. The summed E-state index contributed by atoms with van der Waals surface area (Å²) in [6, 6.07) is 4.31. The molecule has 2 aromatic rings. The van der Waals surface area contributed by atoms with Gasteiger partial charge in [0.2, 0.25) is 5.91 Å². The van der Waals surface area contributed by atoms with Gasteiger partial charge in [-0.1, -0.05) is 0 Å². The number of hydrogen-bond donors (Lipinski definition) is 0. The van der Waals surface area contributed by atoms with Crippen LogP contribution in [0.15, 0.2) is 35.3 Å². The molecule has 0 saturated carbocycles. The highest BCUT2D eigenvalue weighted by atomic mass is 32.1. The summed E-state index contributed by atoms with van der Waals surface area (Å²) >= 11 is 1.70. The molecule has 1 atom stereocenters. The molecule has 1 saturated heterocycles. The highest BCUT2D eigenvalue weighted by Gasteiger charge is 2.29. The summed E-state index contributed by atoms with van der Waals surface area (Å²) in [5.41, 5.74) is 1.29. The van der Waals surface area contributed by atoms with Crippen LogP contribution in [-0.2, 0) is 11.3 Å². The van der Waals surface area contributed by atoms with Crippen molar-refractivity contribution in [3.63, 3.8) is 0 Å². The first kappa shape index (κ1) is 12.4. The van der Waals surface area contributed by atoms with Gasteiger partial charge in [-0.3, -0.25) is 9.48 Å². The van der Waals surface area contributed by atoms with Crippen molar-refractivity contribution in [2.75, 3.05) is 6.54 Å². The number of thiophene rings is 1. The average Bonchev–Trinajstić information content (AvgIpc) is 3.14. The summed E-state index contributed by atoms with van der Waals surface area (Å²) in [5.74, 6) is 0.240. The van der Waals surface area contributed by atoms with Crippen LogP contribution in [0.4, 0.5) is 0 Å². The SMILES string of the molecule is O=C(CCn1cccn1)N1CCC[C@H]1c1ccsc1. The van der Waals surface area contributed by atoms with E-state index in [1.165, 1.54) is 5.56 Å². The molecule has 3 heterocycles. The van der Waals surface area contributed by atoms with Crippen molar-refractivity contribution in [3.05, 3.63) is 40.8 Å². The highest BCUT2D eigenvalue weighted by molar-refractivity contribution is 7.07. The molecule has 1 amide bonds. The van der Waals surface area contributed by atoms with E-state index >= 15 is 0 Å². The molecule has 19 heavy (non-hydrogen) atoms. The molecule has 1 aliphatic heterocycles. The Bertz CT molecular complexity index is 521. The van der Waals surface area contributed by atoms with E-state index in [-0.39, 0.29) is 11.9 Å². The molecular weight excluding hydrogens is 258 g/mol. The number of amides is 1. The molecule has 5 heteroatoms. The van der Waals surface area contributed by atoms with Crippen molar-refractivity contribution in [3.8, 4) is 0 Å². The number of nitrogens with zero attached hydrogens (tertiary/aromatic N) is 3. The molecule has 0 unspecified atom stereocenters. The number of aromatic nitrogens is 2. The molecule has 2 aromatic heterocycles. The van der Waals surface area contributed by atoms with Crippen molar-refractivity contribution in [2.45, 2.75) is 31.8 Å².